The molecular weight excluding hydrogens is 452 g/mol. The zero-order valence-corrected chi connectivity index (χ0v) is 20.0. The first-order chi connectivity index (χ1) is 17.0. The molecule has 35 heavy (non-hydrogen) atoms. The van der Waals surface area contributed by atoms with Crippen molar-refractivity contribution >= 4 is 11.4 Å². The fourth-order valence-electron chi connectivity index (χ4n) is 3.78. The minimum atomic E-state index is -0.642. The number of aromatic nitrogens is 1. The van der Waals surface area contributed by atoms with E-state index in [1.54, 1.807) is 10.8 Å². The van der Waals surface area contributed by atoms with Crippen LogP contribution >= 0.6 is 0 Å². The molecule has 1 aromatic carbocycles. The van der Waals surface area contributed by atoms with E-state index < -0.39 is 9.85 Å². The monoisotopic (exact) mass is 485 g/mol. The van der Waals surface area contributed by atoms with E-state index in [0.717, 1.165) is 56.8 Å². The number of hydrogen-bond donors (Lipinski definition) is 0. The maximum absolute atomic E-state index is 11.4. The summed E-state index contributed by atoms with van der Waals surface area (Å²) in [7, 11) is 0. The maximum atomic E-state index is 11.4. The SMILES string of the molecule is [N-]=[N+]=NCCCCCCCCCCOCCCc1ccc[n+](-c2ccc([N+](=O)[O-])cc2[N+](=O)[O-])c1. The first kappa shape index (κ1) is 27.7. The Labute approximate surface area is 204 Å². The zero-order valence-electron chi connectivity index (χ0n) is 20.0. The molecule has 0 saturated heterocycles. The van der Waals surface area contributed by atoms with Crippen LogP contribution in [0.4, 0.5) is 11.4 Å². The third-order valence-electron chi connectivity index (χ3n) is 5.62. The normalized spacial score (nSPS) is 10.6. The maximum Gasteiger partial charge on any atom is 0.347 e. The largest absolute Gasteiger partial charge is 0.381 e. The Hall–Kier alpha value is -3.56. The molecule has 0 aliphatic heterocycles. The van der Waals surface area contributed by atoms with E-state index in [4.69, 9.17) is 10.3 Å². The summed E-state index contributed by atoms with van der Waals surface area (Å²) in [5.74, 6) is 0. The lowest BCUT2D eigenvalue weighted by Gasteiger charge is -2.05. The second kappa shape index (κ2) is 16.1. The smallest absolute Gasteiger partial charge is 0.347 e. The molecule has 1 aromatic heterocycles. The van der Waals surface area contributed by atoms with Gasteiger partial charge in [0.1, 0.15) is 6.07 Å². The second-order valence-corrected chi connectivity index (χ2v) is 8.31. The van der Waals surface area contributed by atoms with E-state index in [-0.39, 0.29) is 17.1 Å². The Morgan fingerprint density at radius 3 is 2.29 bits per heavy atom. The number of azide groups is 1. The summed E-state index contributed by atoms with van der Waals surface area (Å²) in [4.78, 5) is 23.9. The molecule has 188 valence electrons. The molecule has 0 N–H and O–H groups in total. The summed E-state index contributed by atoms with van der Waals surface area (Å²) >= 11 is 0. The van der Waals surface area contributed by atoms with Crippen LogP contribution in [0.15, 0.2) is 47.8 Å². The number of unbranched alkanes of at least 4 members (excludes halogenated alkanes) is 7. The minimum Gasteiger partial charge on any atom is -0.381 e. The summed E-state index contributed by atoms with van der Waals surface area (Å²) in [6, 6.07) is 7.41. The van der Waals surface area contributed by atoms with Gasteiger partial charge in [0.05, 0.1) is 9.85 Å². The van der Waals surface area contributed by atoms with E-state index >= 15 is 0 Å². The standard InChI is InChI=1S/C24H33N6O5/c25-27-26-15-7-5-3-1-2-4-6-8-17-35-18-10-12-21-11-9-16-28(20-21)23-14-13-22(29(31)32)19-24(23)30(33)34/h9,11,13-14,16,19-20H,1-8,10,12,15,17-18H2/q+1. The van der Waals surface area contributed by atoms with Gasteiger partial charge in [0.2, 0.25) is 0 Å². The molecule has 11 nitrogen and oxygen atoms in total. The number of nitro groups is 2. The first-order valence-electron chi connectivity index (χ1n) is 12.0. The average Bonchev–Trinajstić information content (AvgIpc) is 2.86. The van der Waals surface area contributed by atoms with Gasteiger partial charge in [0.25, 0.3) is 11.4 Å². The lowest BCUT2D eigenvalue weighted by Crippen LogP contribution is -2.31. The van der Waals surface area contributed by atoms with Gasteiger partial charge in [-0.3, -0.25) is 20.2 Å². The number of nitro benzene ring substituents is 2. The van der Waals surface area contributed by atoms with Gasteiger partial charge in [-0.1, -0.05) is 43.6 Å². The summed E-state index contributed by atoms with van der Waals surface area (Å²) in [6.45, 7) is 1.99. The van der Waals surface area contributed by atoms with Gasteiger partial charge in [-0.05, 0) is 37.3 Å². The minimum absolute atomic E-state index is 0.284. The van der Waals surface area contributed by atoms with Crippen LogP contribution in [0.5, 0.6) is 0 Å². The Bertz CT molecular complexity index is 1010. The molecular formula is C24H33N6O5+. The Morgan fingerprint density at radius 2 is 1.60 bits per heavy atom. The highest BCUT2D eigenvalue weighted by Gasteiger charge is 2.26. The van der Waals surface area contributed by atoms with Crippen LogP contribution in [0.25, 0.3) is 16.1 Å². The Balaban J connectivity index is 1.65. The molecule has 0 aliphatic carbocycles. The van der Waals surface area contributed by atoms with Crippen molar-refractivity contribution in [1.29, 1.82) is 0 Å². The zero-order chi connectivity index (χ0) is 25.3. The summed E-state index contributed by atoms with van der Waals surface area (Å²) in [6.07, 6.45) is 14.2. The Morgan fingerprint density at radius 1 is 0.914 bits per heavy atom. The van der Waals surface area contributed by atoms with Gasteiger partial charge in [0, 0.05) is 48.4 Å². The number of pyridine rings is 1. The molecule has 0 radical (unpaired) electrons. The number of benzene rings is 1. The molecule has 0 fully saturated rings. The van der Waals surface area contributed by atoms with Crippen molar-refractivity contribution < 1.29 is 19.2 Å². The van der Waals surface area contributed by atoms with Gasteiger partial charge in [0.15, 0.2) is 12.4 Å². The van der Waals surface area contributed by atoms with E-state index in [1.165, 1.54) is 37.8 Å². The number of non-ortho nitro benzene ring substituents is 1. The van der Waals surface area contributed by atoms with E-state index in [1.807, 2.05) is 18.3 Å². The fourth-order valence-corrected chi connectivity index (χ4v) is 3.78. The van der Waals surface area contributed by atoms with Crippen LogP contribution in [0.3, 0.4) is 0 Å². The third-order valence-corrected chi connectivity index (χ3v) is 5.62. The molecule has 0 amide bonds. The van der Waals surface area contributed by atoms with Crippen molar-refractivity contribution in [2.45, 2.75) is 64.2 Å². The fraction of sp³-hybridized carbons (Fsp3) is 0.542. The van der Waals surface area contributed by atoms with Crippen molar-refractivity contribution in [3.8, 4) is 5.69 Å². The molecule has 0 spiro atoms. The number of aryl methyl sites for hydroxylation is 1. The second-order valence-electron chi connectivity index (χ2n) is 8.31. The Kier molecular flexibility index (Phi) is 12.8. The molecule has 0 aliphatic rings. The van der Waals surface area contributed by atoms with E-state index in [0.29, 0.717) is 13.2 Å². The summed E-state index contributed by atoms with van der Waals surface area (Å²) in [5, 5.41) is 25.9. The molecule has 2 rings (SSSR count). The van der Waals surface area contributed by atoms with Gasteiger partial charge in [-0.25, -0.2) is 0 Å². The predicted molar refractivity (Wildman–Crippen MR) is 131 cm³/mol. The number of nitrogens with zero attached hydrogens (tertiary/aromatic N) is 6. The molecule has 0 bridgehead atoms. The third kappa shape index (κ3) is 10.5. The summed E-state index contributed by atoms with van der Waals surface area (Å²) in [5.41, 5.74) is 8.88. The lowest BCUT2D eigenvalue weighted by atomic mass is 10.1. The van der Waals surface area contributed by atoms with Crippen LogP contribution in [0, 0.1) is 20.2 Å². The highest BCUT2D eigenvalue weighted by Crippen LogP contribution is 2.24. The molecule has 11 heteroatoms. The molecule has 2 aromatic rings. The predicted octanol–water partition coefficient (Wildman–Crippen LogP) is 6.16. The van der Waals surface area contributed by atoms with Crippen LogP contribution in [-0.4, -0.2) is 29.6 Å². The van der Waals surface area contributed by atoms with Gasteiger partial charge in [-0.15, -0.1) is 0 Å². The van der Waals surface area contributed by atoms with Gasteiger partial charge in [-0.2, -0.15) is 4.57 Å². The number of rotatable bonds is 18. The molecule has 0 unspecified atom stereocenters. The van der Waals surface area contributed by atoms with Gasteiger partial charge < -0.3 is 4.74 Å². The van der Waals surface area contributed by atoms with Crippen molar-refractivity contribution in [1.82, 2.24) is 0 Å². The number of ether oxygens (including phenoxy) is 1. The van der Waals surface area contributed by atoms with E-state index in [9.17, 15) is 20.2 Å². The topological polar surface area (TPSA) is 148 Å². The summed E-state index contributed by atoms with van der Waals surface area (Å²) < 4.78 is 7.36. The lowest BCUT2D eigenvalue weighted by molar-refractivity contribution is -0.601. The van der Waals surface area contributed by atoms with Crippen LogP contribution < -0.4 is 4.57 Å². The number of hydrogen-bond acceptors (Lipinski definition) is 6. The highest BCUT2D eigenvalue weighted by molar-refractivity contribution is 5.53. The van der Waals surface area contributed by atoms with Gasteiger partial charge >= 0.3 is 5.69 Å². The quantitative estimate of drug-likeness (QED) is 0.0471. The van der Waals surface area contributed by atoms with Crippen LogP contribution in [0.1, 0.15) is 63.4 Å². The van der Waals surface area contributed by atoms with Crippen molar-refractivity contribution in [3.05, 3.63) is 79.0 Å². The average molecular weight is 486 g/mol. The van der Waals surface area contributed by atoms with Crippen molar-refractivity contribution in [2.24, 2.45) is 5.11 Å². The molecule has 0 atom stereocenters. The molecule has 0 saturated carbocycles. The van der Waals surface area contributed by atoms with Crippen molar-refractivity contribution in [2.75, 3.05) is 19.8 Å². The van der Waals surface area contributed by atoms with Crippen molar-refractivity contribution in [3.63, 3.8) is 0 Å². The van der Waals surface area contributed by atoms with Crippen LogP contribution in [0.2, 0.25) is 0 Å². The van der Waals surface area contributed by atoms with E-state index in [2.05, 4.69) is 10.0 Å². The highest BCUT2D eigenvalue weighted by atomic mass is 16.6. The first-order valence-corrected chi connectivity index (χ1v) is 12.0. The van der Waals surface area contributed by atoms with Crippen LogP contribution in [-0.2, 0) is 11.2 Å². The molecule has 1 heterocycles.